The largest absolute Gasteiger partial charge is 0.444 e. The van der Waals surface area contributed by atoms with Gasteiger partial charge in [0.2, 0.25) is 0 Å². The summed E-state index contributed by atoms with van der Waals surface area (Å²) in [5, 5.41) is 0. The lowest BCUT2D eigenvalue weighted by Crippen LogP contribution is -2.37. The topological polar surface area (TPSA) is 29.5 Å². The molecule has 0 aromatic heterocycles. The number of ether oxygens (including phenoxy) is 1. The van der Waals surface area contributed by atoms with Crippen LogP contribution in [-0.2, 0) is 4.74 Å². The normalized spacial score (nSPS) is 10.9. The van der Waals surface area contributed by atoms with Gasteiger partial charge in [-0.05, 0) is 48.5 Å². The van der Waals surface area contributed by atoms with Gasteiger partial charge >= 0.3 is 6.09 Å². The third-order valence-corrected chi connectivity index (χ3v) is 2.32. The number of nitrogens with zero attached hydrogens (tertiary/aromatic N) is 1. The fourth-order valence-corrected chi connectivity index (χ4v) is 1.08. The lowest BCUT2D eigenvalue weighted by atomic mass is 10.1. The van der Waals surface area contributed by atoms with Gasteiger partial charge in [0.25, 0.3) is 0 Å². The second-order valence-electron chi connectivity index (χ2n) is 5.27. The van der Waals surface area contributed by atoms with E-state index in [0.29, 0.717) is 13.1 Å². The predicted molar refractivity (Wildman–Crippen MR) is 67.5 cm³/mol. The second kappa shape index (κ2) is 5.92. The molecule has 94 valence electrons. The molecule has 0 aliphatic carbocycles. The smallest absolute Gasteiger partial charge is 0.410 e. The molecule has 0 bridgehead atoms. The molecule has 0 saturated heterocycles. The molecule has 3 nitrogen and oxygen atoms in total. The molecule has 0 atom stereocenters. The van der Waals surface area contributed by atoms with E-state index in [9.17, 15) is 4.79 Å². The van der Waals surface area contributed by atoms with Crippen molar-refractivity contribution in [3.05, 3.63) is 11.1 Å². The quantitative estimate of drug-likeness (QED) is 0.689. The molecule has 0 unspecified atom stereocenters. The SMILES string of the molecule is CCN(CC(C)=C(C)C)C(=O)OC(C)(C)C. The third-order valence-electron chi connectivity index (χ3n) is 2.32. The van der Waals surface area contributed by atoms with Gasteiger partial charge in [-0.25, -0.2) is 4.79 Å². The van der Waals surface area contributed by atoms with Crippen molar-refractivity contribution in [2.75, 3.05) is 13.1 Å². The molecule has 0 aromatic rings. The minimum Gasteiger partial charge on any atom is -0.444 e. The molecule has 0 spiro atoms. The number of likely N-dealkylation sites (N-methyl/N-ethyl adjacent to an activating group) is 1. The van der Waals surface area contributed by atoms with Crippen molar-refractivity contribution in [2.45, 2.75) is 54.1 Å². The number of rotatable bonds is 3. The summed E-state index contributed by atoms with van der Waals surface area (Å²) in [5.74, 6) is 0. The first-order chi connectivity index (χ1) is 7.17. The molecule has 0 aliphatic heterocycles. The Labute approximate surface area is 99.5 Å². The third kappa shape index (κ3) is 5.79. The first-order valence-corrected chi connectivity index (χ1v) is 5.78. The van der Waals surface area contributed by atoms with E-state index in [1.54, 1.807) is 4.90 Å². The van der Waals surface area contributed by atoms with Crippen molar-refractivity contribution >= 4 is 6.09 Å². The summed E-state index contributed by atoms with van der Waals surface area (Å²) < 4.78 is 5.34. The van der Waals surface area contributed by atoms with E-state index >= 15 is 0 Å². The molecule has 1 amide bonds. The number of amides is 1. The highest BCUT2D eigenvalue weighted by Crippen LogP contribution is 2.12. The number of hydrogen-bond donors (Lipinski definition) is 0. The molecular weight excluding hydrogens is 202 g/mol. The van der Waals surface area contributed by atoms with Crippen LogP contribution >= 0.6 is 0 Å². The van der Waals surface area contributed by atoms with Gasteiger partial charge in [0.1, 0.15) is 5.60 Å². The zero-order valence-electron chi connectivity index (χ0n) is 11.7. The molecule has 0 radical (unpaired) electrons. The molecule has 0 fully saturated rings. The van der Waals surface area contributed by atoms with Crippen molar-refractivity contribution in [3.8, 4) is 0 Å². The highest BCUT2D eigenvalue weighted by molar-refractivity contribution is 5.68. The van der Waals surface area contributed by atoms with Gasteiger partial charge in [-0.3, -0.25) is 0 Å². The van der Waals surface area contributed by atoms with E-state index < -0.39 is 5.60 Å². The van der Waals surface area contributed by atoms with Gasteiger partial charge in [0.05, 0.1) is 0 Å². The highest BCUT2D eigenvalue weighted by Gasteiger charge is 2.21. The maximum Gasteiger partial charge on any atom is 0.410 e. The van der Waals surface area contributed by atoms with Crippen LogP contribution in [0.3, 0.4) is 0 Å². The minimum absolute atomic E-state index is 0.240. The second-order valence-corrected chi connectivity index (χ2v) is 5.27. The van der Waals surface area contributed by atoms with Crippen LogP contribution in [0.2, 0.25) is 0 Å². The lowest BCUT2D eigenvalue weighted by Gasteiger charge is -2.27. The van der Waals surface area contributed by atoms with Crippen molar-refractivity contribution < 1.29 is 9.53 Å². The van der Waals surface area contributed by atoms with Crippen molar-refractivity contribution in [3.63, 3.8) is 0 Å². The summed E-state index contributed by atoms with van der Waals surface area (Å²) >= 11 is 0. The first-order valence-electron chi connectivity index (χ1n) is 5.78. The van der Waals surface area contributed by atoms with Crippen molar-refractivity contribution in [1.82, 2.24) is 4.90 Å². The number of carbonyl (C=O) groups is 1. The van der Waals surface area contributed by atoms with Crippen LogP contribution in [0.25, 0.3) is 0 Å². The molecule has 0 heterocycles. The van der Waals surface area contributed by atoms with E-state index in [0.717, 1.165) is 0 Å². The fraction of sp³-hybridized carbons (Fsp3) is 0.769. The number of hydrogen-bond acceptors (Lipinski definition) is 2. The monoisotopic (exact) mass is 227 g/mol. The summed E-state index contributed by atoms with van der Waals surface area (Å²) in [5.41, 5.74) is 2.04. The summed E-state index contributed by atoms with van der Waals surface area (Å²) in [7, 11) is 0. The first kappa shape index (κ1) is 15.0. The van der Waals surface area contributed by atoms with Crippen LogP contribution < -0.4 is 0 Å². The summed E-state index contributed by atoms with van der Waals surface area (Å²) in [4.78, 5) is 13.5. The van der Waals surface area contributed by atoms with Crippen LogP contribution in [-0.4, -0.2) is 29.7 Å². The van der Waals surface area contributed by atoms with E-state index in [2.05, 4.69) is 13.8 Å². The average Bonchev–Trinajstić information content (AvgIpc) is 2.10. The Balaban J connectivity index is 4.52. The number of carbonyl (C=O) groups excluding carboxylic acids is 1. The average molecular weight is 227 g/mol. The van der Waals surface area contributed by atoms with Crippen molar-refractivity contribution in [2.24, 2.45) is 0 Å². The lowest BCUT2D eigenvalue weighted by molar-refractivity contribution is 0.0276. The molecule has 0 rings (SSSR count). The summed E-state index contributed by atoms with van der Waals surface area (Å²) in [6.45, 7) is 15.1. The van der Waals surface area contributed by atoms with E-state index in [1.807, 2.05) is 34.6 Å². The predicted octanol–water partition coefficient (Wildman–Crippen LogP) is 3.60. The molecule has 16 heavy (non-hydrogen) atoms. The maximum atomic E-state index is 11.8. The van der Waals surface area contributed by atoms with Crippen LogP contribution in [0, 0.1) is 0 Å². The van der Waals surface area contributed by atoms with Gasteiger partial charge < -0.3 is 9.64 Å². The Hall–Kier alpha value is -0.990. The molecule has 0 aromatic carbocycles. The van der Waals surface area contributed by atoms with Gasteiger partial charge in [-0.1, -0.05) is 11.1 Å². The summed E-state index contributed by atoms with van der Waals surface area (Å²) in [6.07, 6.45) is -0.240. The molecule has 0 aliphatic rings. The molecular formula is C13H25NO2. The zero-order valence-corrected chi connectivity index (χ0v) is 11.7. The molecule has 0 saturated carbocycles. The van der Waals surface area contributed by atoms with Crippen LogP contribution in [0.15, 0.2) is 11.1 Å². The van der Waals surface area contributed by atoms with Crippen LogP contribution in [0.1, 0.15) is 48.5 Å². The van der Waals surface area contributed by atoms with Crippen LogP contribution in [0.4, 0.5) is 4.79 Å². The van der Waals surface area contributed by atoms with Gasteiger partial charge in [-0.15, -0.1) is 0 Å². The van der Waals surface area contributed by atoms with Crippen molar-refractivity contribution in [1.29, 1.82) is 0 Å². The Morgan fingerprint density at radius 1 is 1.19 bits per heavy atom. The molecule has 0 N–H and O–H groups in total. The Kier molecular flexibility index (Phi) is 5.56. The fourth-order valence-electron chi connectivity index (χ4n) is 1.08. The van der Waals surface area contributed by atoms with Crippen LogP contribution in [0.5, 0.6) is 0 Å². The molecule has 3 heteroatoms. The van der Waals surface area contributed by atoms with E-state index in [-0.39, 0.29) is 6.09 Å². The summed E-state index contributed by atoms with van der Waals surface area (Å²) in [6, 6.07) is 0. The minimum atomic E-state index is -0.427. The Bertz CT molecular complexity index is 270. The maximum absolute atomic E-state index is 11.8. The van der Waals surface area contributed by atoms with Gasteiger partial charge in [-0.2, -0.15) is 0 Å². The Morgan fingerprint density at radius 2 is 1.69 bits per heavy atom. The van der Waals surface area contributed by atoms with E-state index in [4.69, 9.17) is 4.74 Å². The zero-order chi connectivity index (χ0) is 12.9. The van der Waals surface area contributed by atoms with Gasteiger partial charge in [0, 0.05) is 13.1 Å². The highest BCUT2D eigenvalue weighted by atomic mass is 16.6. The Morgan fingerprint density at radius 3 is 2.00 bits per heavy atom. The number of allylic oxidation sites excluding steroid dienone is 1. The standard InChI is InChI=1S/C13H25NO2/c1-8-14(9-11(4)10(2)3)12(15)16-13(5,6)7/h8-9H2,1-7H3. The van der Waals surface area contributed by atoms with E-state index in [1.165, 1.54) is 11.1 Å². The van der Waals surface area contributed by atoms with Gasteiger partial charge in [0.15, 0.2) is 0 Å².